The molecule has 180 valence electrons. The number of rotatable bonds is 2. The van der Waals surface area contributed by atoms with Gasteiger partial charge < -0.3 is 29.2 Å². The fourth-order valence-corrected chi connectivity index (χ4v) is 7.82. The third-order valence-corrected chi connectivity index (χ3v) is 9.70. The highest BCUT2D eigenvalue weighted by atomic mass is 16.5. The molecular formula is C27H34N4O3. The number of carbonyl (C=O) groups excluding carboxylic acids is 1. The molecule has 0 unspecified atom stereocenters. The number of benzene rings is 1. The summed E-state index contributed by atoms with van der Waals surface area (Å²) in [6, 6.07) is 4.82. The molecule has 2 bridgehead atoms. The molecular weight excluding hydrogens is 428 g/mol. The third kappa shape index (κ3) is 2.47. The maximum Gasteiger partial charge on any atom is 0.270 e. The molecule has 2 fully saturated rings. The molecule has 1 aromatic heterocycles. The molecule has 0 radical (unpaired) electrons. The zero-order valence-corrected chi connectivity index (χ0v) is 20.6. The van der Waals surface area contributed by atoms with Crippen LogP contribution in [0.25, 0.3) is 0 Å². The Labute approximate surface area is 201 Å². The normalized spacial score (nSPS) is 31.6. The second kappa shape index (κ2) is 7.01. The van der Waals surface area contributed by atoms with Crippen molar-refractivity contribution in [2.24, 2.45) is 5.92 Å². The van der Waals surface area contributed by atoms with Gasteiger partial charge in [0.05, 0.1) is 12.8 Å². The Hall–Kier alpha value is -2.51. The Morgan fingerprint density at radius 1 is 1.15 bits per heavy atom. The van der Waals surface area contributed by atoms with E-state index in [1.54, 1.807) is 7.11 Å². The van der Waals surface area contributed by atoms with Crippen molar-refractivity contribution in [1.82, 2.24) is 19.7 Å². The predicted octanol–water partition coefficient (Wildman–Crippen LogP) is 2.52. The number of aromatic amines is 1. The highest BCUT2D eigenvalue weighted by Crippen LogP contribution is 2.67. The van der Waals surface area contributed by atoms with E-state index in [0.717, 1.165) is 80.4 Å². The minimum atomic E-state index is -0.0875. The van der Waals surface area contributed by atoms with Gasteiger partial charge in [0.1, 0.15) is 11.8 Å². The average Bonchev–Trinajstić information content (AvgIpc) is 3.36. The van der Waals surface area contributed by atoms with E-state index < -0.39 is 0 Å². The fraction of sp³-hybridized carbons (Fsp3) is 0.593. The van der Waals surface area contributed by atoms with Crippen LogP contribution in [0.15, 0.2) is 12.1 Å². The second-order valence-electron chi connectivity index (χ2n) is 11.1. The van der Waals surface area contributed by atoms with Gasteiger partial charge in [-0.25, -0.2) is 0 Å². The predicted molar refractivity (Wildman–Crippen MR) is 129 cm³/mol. The van der Waals surface area contributed by atoms with E-state index in [1.807, 2.05) is 4.90 Å². The van der Waals surface area contributed by atoms with Crippen LogP contribution >= 0.6 is 0 Å². The van der Waals surface area contributed by atoms with Gasteiger partial charge >= 0.3 is 0 Å². The molecule has 1 amide bonds. The van der Waals surface area contributed by atoms with Crippen LogP contribution in [0.3, 0.4) is 0 Å². The Balaban J connectivity index is 1.37. The minimum absolute atomic E-state index is 0.0485. The molecule has 5 aliphatic rings. The number of nitrogens with zero attached hydrogens (tertiary/aromatic N) is 3. The van der Waals surface area contributed by atoms with Crippen LogP contribution in [0, 0.1) is 12.8 Å². The summed E-state index contributed by atoms with van der Waals surface area (Å²) in [7, 11) is 6.13. The Bertz CT molecular complexity index is 1200. The van der Waals surface area contributed by atoms with Gasteiger partial charge in [-0.3, -0.25) is 4.79 Å². The number of piperazine rings is 1. The van der Waals surface area contributed by atoms with E-state index in [9.17, 15) is 4.79 Å². The number of methoxy groups -OCH3 is 1. The molecule has 2 aromatic rings. The zero-order valence-electron chi connectivity index (χ0n) is 20.6. The highest BCUT2D eigenvalue weighted by molar-refractivity contribution is 5.94. The lowest BCUT2D eigenvalue weighted by atomic mass is 9.51. The van der Waals surface area contributed by atoms with Crippen LogP contribution in [-0.2, 0) is 18.3 Å². The first-order valence-corrected chi connectivity index (χ1v) is 12.7. The summed E-state index contributed by atoms with van der Waals surface area (Å²) in [5.41, 5.74) is 7.06. The van der Waals surface area contributed by atoms with Gasteiger partial charge in [0.25, 0.3) is 5.91 Å². The van der Waals surface area contributed by atoms with Crippen molar-refractivity contribution in [3.8, 4) is 11.5 Å². The van der Waals surface area contributed by atoms with Crippen molar-refractivity contribution in [3.05, 3.63) is 45.8 Å². The Morgan fingerprint density at radius 3 is 2.71 bits per heavy atom. The summed E-state index contributed by atoms with van der Waals surface area (Å²) in [5, 5.41) is 0. The number of fused-ring (bicyclic) bond motifs is 2. The van der Waals surface area contributed by atoms with Gasteiger partial charge in [-0.1, -0.05) is 6.07 Å². The molecule has 1 spiro atoms. The number of aromatic nitrogens is 1. The highest BCUT2D eigenvalue weighted by Gasteiger charge is 2.65. The van der Waals surface area contributed by atoms with E-state index in [1.165, 1.54) is 16.7 Å². The number of piperidine rings is 1. The number of H-pyrrole nitrogens is 1. The molecule has 0 saturated carbocycles. The van der Waals surface area contributed by atoms with Crippen LogP contribution < -0.4 is 9.47 Å². The molecule has 4 atom stereocenters. The number of amides is 1. The first-order valence-electron chi connectivity index (χ1n) is 12.7. The number of nitrogens with one attached hydrogen (secondary N) is 1. The van der Waals surface area contributed by atoms with E-state index in [0.29, 0.717) is 12.0 Å². The summed E-state index contributed by atoms with van der Waals surface area (Å²) in [5.74, 6) is 2.38. The summed E-state index contributed by atoms with van der Waals surface area (Å²) >= 11 is 0. The third-order valence-electron chi connectivity index (χ3n) is 9.70. The minimum Gasteiger partial charge on any atom is -0.493 e. The molecule has 1 N–H and O–H groups in total. The lowest BCUT2D eigenvalue weighted by Crippen LogP contribution is -2.62. The van der Waals surface area contributed by atoms with Crippen molar-refractivity contribution in [3.63, 3.8) is 0 Å². The summed E-state index contributed by atoms with van der Waals surface area (Å²) in [6.07, 6.45) is 3.04. The monoisotopic (exact) mass is 462 g/mol. The average molecular weight is 463 g/mol. The maximum absolute atomic E-state index is 13.6. The molecule has 2 saturated heterocycles. The molecule has 7 heteroatoms. The number of hydrogen-bond donors (Lipinski definition) is 1. The quantitative estimate of drug-likeness (QED) is 0.743. The van der Waals surface area contributed by atoms with Crippen LogP contribution in [0.1, 0.15) is 51.0 Å². The standard InChI is InChI=1S/C27H34N4O3/c1-15-17-14-18-19-13-16-5-6-20(33-4)24-21(16)27(18,7-8-30(19)3)25(34-24)23(17)28-22(15)26(32)31-11-9-29(2)10-12-31/h5-6,18-19,25,28H,7-14H2,1-4H3/t18-,19+,25-,27-/m0/s1. The second-order valence-corrected chi connectivity index (χ2v) is 11.1. The van der Waals surface area contributed by atoms with Crippen molar-refractivity contribution in [2.75, 3.05) is 53.9 Å². The van der Waals surface area contributed by atoms with Gasteiger partial charge in [0.2, 0.25) is 0 Å². The number of carbonyl (C=O) groups is 1. The zero-order chi connectivity index (χ0) is 23.4. The van der Waals surface area contributed by atoms with Crippen molar-refractivity contribution < 1.29 is 14.3 Å². The van der Waals surface area contributed by atoms with E-state index in [4.69, 9.17) is 9.47 Å². The number of likely N-dealkylation sites (N-methyl/N-ethyl adjacent to an activating group) is 2. The van der Waals surface area contributed by atoms with Crippen molar-refractivity contribution in [1.29, 1.82) is 0 Å². The molecule has 4 heterocycles. The van der Waals surface area contributed by atoms with E-state index in [2.05, 4.69) is 47.9 Å². The van der Waals surface area contributed by atoms with E-state index >= 15 is 0 Å². The number of likely N-dealkylation sites (tertiary alicyclic amines) is 1. The lowest BCUT2D eigenvalue weighted by Gasteiger charge is -2.57. The topological polar surface area (TPSA) is 61.0 Å². The van der Waals surface area contributed by atoms with Gasteiger partial charge in [-0.05, 0) is 75.5 Å². The molecule has 7 nitrogen and oxygen atoms in total. The van der Waals surface area contributed by atoms with Crippen LogP contribution in [0.5, 0.6) is 11.5 Å². The lowest BCUT2D eigenvalue weighted by molar-refractivity contribution is -0.0256. The molecule has 34 heavy (non-hydrogen) atoms. The Kier molecular flexibility index (Phi) is 4.30. The largest absolute Gasteiger partial charge is 0.493 e. The van der Waals surface area contributed by atoms with Crippen LogP contribution in [0.4, 0.5) is 0 Å². The molecule has 7 rings (SSSR count). The molecule has 2 aliphatic carbocycles. The van der Waals surface area contributed by atoms with E-state index in [-0.39, 0.29) is 17.4 Å². The summed E-state index contributed by atoms with van der Waals surface area (Å²) < 4.78 is 12.6. The smallest absolute Gasteiger partial charge is 0.270 e. The molecule has 3 aliphatic heterocycles. The van der Waals surface area contributed by atoms with Gasteiger partial charge in [-0.2, -0.15) is 0 Å². The maximum atomic E-state index is 13.6. The van der Waals surface area contributed by atoms with Gasteiger partial charge in [0, 0.05) is 43.2 Å². The van der Waals surface area contributed by atoms with Crippen molar-refractivity contribution in [2.45, 2.75) is 43.7 Å². The van der Waals surface area contributed by atoms with Crippen molar-refractivity contribution >= 4 is 5.91 Å². The van der Waals surface area contributed by atoms with Crippen LogP contribution in [-0.4, -0.2) is 85.6 Å². The number of hydrogen-bond acceptors (Lipinski definition) is 5. The summed E-state index contributed by atoms with van der Waals surface area (Å²) in [4.78, 5) is 24.1. The SMILES string of the molecule is COc1ccc2c3c1O[C@H]1c4[nH]c(C(=O)N5CCN(C)CC5)c(C)c4C[C@H]4[C@@H](C2)N(C)CC[C@]314. The first kappa shape index (κ1) is 20.8. The van der Waals surface area contributed by atoms with Gasteiger partial charge in [0.15, 0.2) is 11.5 Å². The number of ether oxygens (including phenoxy) is 2. The first-order chi connectivity index (χ1) is 16.4. The van der Waals surface area contributed by atoms with Gasteiger partial charge in [-0.15, -0.1) is 0 Å². The van der Waals surface area contributed by atoms with Crippen LogP contribution in [0.2, 0.25) is 0 Å². The molecule has 1 aromatic carbocycles. The fourth-order valence-electron chi connectivity index (χ4n) is 7.82. The Morgan fingerprint density at radius 2 is 1.94 bits per heavy atom. The summed E-state index contributed by atoms with van der Waals surface area (Å²) in [6.45, 7) is 6.61.